The fraction of sp³-hybridized carbons (Fsp3) is 0.667. The molecule has 1 saturated heterocycles. The van der Waals surface area contributed by atoms with Crippen molar-refractivity contribution in [1.29, 1.82) is 0 Å². The molecule has 0 saturated carbocycles. The average molecular weight is 241 g/mol. The standard InChI is InChI=1S/C9H15N5OS/c1-13-8(10)11-12-9(13)16-6-7(15)14-4-2-3-5-14/h2-6H2,1H3,(H2,10,11). The van der Waals surface area contributed by atoms with Gasteiger partial charge >= 0.3 is 0 Å². The van der Waals surface area contributed by atoms with Crippen molar-refractivity contribution < 1.29 is 4.79 Å². The molecule has 0 radical (unpaired) electrons. The molecule has 0 bridgehead atoms. The van der Waals surface area contributed by atoms with E-state index >= 15 is 0 Å². The van der Waals surface area contributed by atoms with Crippen LogP contribution in [-0.2, 0) is 11.8 Å². The lowest BCUT2D eigenvalue weighted by atomic mass is 10.4. The Balaban J connectivity index is 1.87. The molecule has 0 spiro atoms. The van der Waals surface area contributed by atoms with E-state index in [4.69, 9.17) is 5.73 Å². The second kappa shape index (κ2) is 4.73. The predicted molar refractivity (Wildman–Crippen MR) is 62.0 cm³/mol. The van der Waals surface area contributed by atoms with E-state index < -0.39 is 0 Å². The first kappa shape index (κ1) is 11.3. The summed E-state index contributed by atoms with van der Waals surface area (Å²) in [5.74, 6) is 0.951. The first-order valence-electron chi connectivity index (χ1n) is 5.24. The Labute approximate surface area is 98.2 Å². The molecule has 0 aliphatic carbocycles. The second-order valence-corrected chi connectivity index (χ2v) is 4.72. The van der Waals surface area contributed by atoms with Gasteiger partial charge in [0.1, 0.15) is 0 Å². The van der Waals surface area contributed by atoms with Crippen LogP contribution in [0.1, 0.15) is 12.8 Å². The Bertz CT molecular complexity index is 385. The number of amides is 1. The molecule has 1 amide bonds. The van der Waals surface area contributed by atoms with Crippen molar-refractivity contribution in [1.82, 2.24) is 19.7 Å². The van der Waals surface area contributed by atoms with Gasteiger partial charge in [0.05, 0.1) is 5.75 Å². The van der Waals surface area contributed by atoms with Gasteiger partial charge in [-0.05, 0) is 12.8 Å². The van der Waals surface area contributed by atoms with Crippen molar-refractivity contribution >= 4 is 23.6 Å². The highest BCUT2D eigenvalue weighted by Crippen LogP contribution is 2.18. The Kier molecular flexibility index (Phi) is 3.33. The third-order valence-electron chi connectivity index (χ3n) is 2.65. The number of thioether (sulfide) groups is 1. The van der Waals surface area contributed by atoms with Gasteiger partial charge in [0, 0.05) is 20.1 Å². The van der Waals surface area contributed by atoms with Crippen LogP contribution in [0.5, 0.6) is 0 Å². The first-order valence-corrected chi connectivity index (χ1v) is 6.22. The van der Waals surface area contributed by atoms with Gasteiger partial charge in [-0.2, -0.15) is 0 Å². The first-order chi connectivity index (χ1) is 7.68. The van der Waals surface area contributed by atoms with Gasteiger partial charge in [0.25, 0.3) is 0 Å². The van der Waals surface area contributed by atoms with Crippen LogP contribution in [0, 0.1) is 0 Å². The molecule has 0 atom stereocenters. The number of nitrogens with zero attached hydrogens (tertiary/aromatic N) is 4. The van der Waals surface area contributed by atoms with Crippen molar-refractivity contribution in [3.8, 4) is 0 Å². The Morgan fingerprint density at radius 3 is 2.69 bits per heavy atom. The summed E-state index contributed by atoms with van der Waals surface area (Å²) in [7, 11) is 1.79. The molecule has 7 heteroatoms. The summed E-state index contributed by atoms with van der Waals surface area (Å²) in [6.45, 7) is 1.78. The molecule has 2 N–H and O–H groups in total. The zero-order chi connectivity index (χ0) is 11.5. The maximum atomic E-state index is 11.8. The van der Waals surface area contributed by atoms with Gasteiger partial charge in [-0.25, -0.2) is 0 Å². The minimum Gasteiger partial charge on any atom is -0.368 e. The third-order valence-corrected chi connectivity index (χ3v) is 3.66. The highest BCUT2D eigenvalue weighted by atomic mass is 32.2. The Hall–Kier alpha value is -1.24. The van der Waals surface area contributed by atoms with E-state index in [0.29, 0.717) is 16.9 Å². The van der Waals surface area contributed by atoms with Crippen LogP contribution in [0.15, 0.2) is 5.16 Å². The summed E-state index contributed by atoms with van der Waals surface area (Å²) in [5, 5.41) is 8.32. The predicted octanol–water partition coefficient (Wildman–Crippen LogP) is 0.112. The van der Waals surface area contributed by atoms with E-state index in [9.17, 15) is 4.79 Å². The summed E-state index contributed by atoms with van der Waals surface area (Å²) in [5.41, 5.74) is 5.55. The summed E-state index contributed by atoms with van der Waals surface area (Å²) in [6, 6.07) is 0. The van der Waals surface area contributed by atoms with E-state index in [1.165, 1.54) is 11.8 Å². The summed E-state index contributed by atoms with van der Waals surface area (Å²) < 4.78 is 1.68. The molecular formula is C9H15N5OS. The number of hydrogen-bond donors (Lipinski definition) is 1. The number of nitrogens with two attached hydrogens (primary N) is 1. The number of anilines is 1. The van der Waals surface area contributed by atoms with Gasteiger partial charge in [-0.1, -0.05) is 11.8 Å². The van der Waals surface area contributed by atoms with Crippen LogP contribution in [0.2, 0.25) is 0 Å². The zero-order valence-corrected chi connectivity index (χ0v) is 10.0. The van der Waals surface area contributed by atoms with Crippen LogP contribution in [0.3, 0.4) is 0 Å². The van der Waals surface area contributed by atoms with Crippen molar-refractivity contribution in [3.05, 3.63) is 0 Å². The highest BCUT2D eigenvalue weighted by Gasteiger charge is 2.18. The van der Waals surface area contributed by atoms with Gasteiger partial charge in [-0.15, -0.1) is 10.2 Å². The molecule has 1 fully saturated rings. The molecule has 1 aromatic rings. The lowest BCUT2D eigenvalue weighted by Crippen LogP contribution is -2.29. The third kappa shape index (κ3) is 2.29. The van der Waals surface area contributed by atoms with Crippen LogP contribution in [0.25, 0.3) is 0 Å². The number of carbonyl (C=O) groups is 1. The molecule has 16 heavy (non-hydrogen) atoms. The highest BCUT2D eigenvalue weighted by molar-refractivity contribution is 7.99. The van der Waals surface area contributed by atoms with Gasteiger partial charge in [0.2, 0.25) is 11.9 Å². The van der Waals surface area contributed by atoms with Crippen molar-refractivity contribution in [3.63, 3.8) is 0 Å². The zero-order valence-electron chi connectivity index (χ0n) is 9.22. The summed E-state index contributed by atoms with van der Waals surface area (Å²) in [6.07, 6.45) is 2.24. The molecule has 2 rings (SSSR count). The minimum absolute atomic E-state index is 0.170. The number of likely N-dealkylation sites (tertiary alicyclic amines) is 1. The molecular weight excluding hydrogens is 226 g/mol. The van der Waals surface area contributed by atoms with Gasteiger partial charge in [0.15, 0.2) is 5.16 Å². The summed E-state index contributed by atoms with van der Waals surface area (Å²) in [4.78, 5) is 13.6. The topological polar surface area (TPSA) is 77.0 Å². The van der Waals surface area contributed by atoms with E-state index in [0.717, 1.165) is 25.9 Å². The SMILES string of the molecule is Cn1c(N)nnc1SCC(=O)N1CCCC1. The molecule has 6 nitrogen and oxygen atoms in total. The van der Waals surface area contributed by atoms with E-state index in [1.54, 1.807) is 11.6 Å². The van der Waals surface area contributed by atoms with Gasteiger partial charge in [-0.3, -0.25) is 9.36 Å². The maximum Gasteiger partial charge on any atom is 0.233 e. The Morgan fingerprint density at radius 2 is 2.12 bits per heavy atom. The molecule has 0 aromatic carbocycles. The largest absolute Gasteiger partial charge is 0.368 e. The average Bonchev–Trinajstić information content (AvgIpc) is 2.89. The van der Waals surface area contributed by atoms with Crippen LogP contribution < -0.4 is 5.73 Å². The monoisotopic (exact) mass is 241 g/mol. The van der Waals surface area contributed by atoms with E-state index in [2.05, 4.69) is 10.2 Å². The molecule has 2 heterocycles. The Morgan fingerprint density at radius 1 is 1.44 bits per heavy atom. The second-order valence-electron chi connectivity index (χ2n) is 3.78. The number of rotatable bonds is 3. The molecule has 1 aliphatic heterocycles. The van der Waals surface area contributed by atoms with Crippen LogP contribution in [-0.4, -0.2) is 44.4 Å². The number of nitrogen functional groups attached to an aromatic ring is 1. The van der Waals surface area contributed by atoms with Crippen LogP contribution >= 0.6 is 11.8 Å². The van der Waals surface area contributed by atoms with Crippen molar-refractivity contribution in [2.75, 3.05) is 24.6 Å². The summed E-state index contributed by atoms with van der Waals surface area (Å²) >= 11 is 1.38. The van der Waals surface area contributed by atoms with Gasteiger partial charge < -0.3 is 10.6 Å². The lowest BCUT2D eigenvalue weighted by molar-refractivity contribution is -0.127. The lowest BCUT2D eigenvalue weighted by Gasteiger charge is -2.14. The quantitative estimate of drug-likeness (QED) is 0.760. The number of hydrogen-bond acceptors (Lipinski definition) is 5. The maximum absolute atomic E-state index is 11.8. The van der Waals surface area contributed by atoms with E-state index in [1.807, 2.05) is 4.90 Å². The fourth-order valence-corrected chi connectivity index (χ4v) is 2.46. The van der Waals surface area contributed by atoms with Crippen molar-refractivity contribution in [2.45, 2.75) is 18.0 Å². The smallest absolute Gasteiger partial charge is 0.233 e. The molecule has 1 aliphatic rings. The fourth-order valence-electron chi connectivity index (χ4n) is 1.64. The normalized spacial score (nSPS) is 15.7. The van der Waals surface area contributed by atoms with E-state index in [-0.39, 0.29) is 5.91 Å². The molecule has 1 aromatic heterocycles. The minimum atomic E-state index is 0.170. The molecule has 88 valence electrons. The van der Waals surface area contributed by atoms with Crippen LogP contribution in [0.4, 0.5) is 5.95 Å². The molecule has 0 unspecified atom stereocenters. The van der Waals surface area contributed by atoms with Crippen molar-refractivity contribution in [2.24, 2.45) is 7.05 Å². The number of carbonyl (C=O) groups excluding carboxylic acids is 1. The number of aromatic nitrogens is 3.